The lowest BCUT2D eigenvalue weighted by Gasteiger charge is -2.07. The van der Waals surface area contributed by atoms with Crippen LogP contribution in [0.15, 0.2) is 58.8 Å². The number of rotatable bonds is 6. The lowest BCUT2D eigenvalue weighted by molar-refractivity contribution is 0.534. The Hall–Kier alpha value is -1.98. The van der Waals surface area contributed by atoms with E-state index in [4.69, 9.17) is 16.0 Å². The van der Waals surface area contributed by atoms with Gasteiger partial charge in [-0.3, -0.25) is 4.57 Å². The number of aromatic nitrogens is 3. The van der Waals surface area contributed by atoms with E-state index in [2.05, 4.69) is 16.8 Å². The Kier molecular flexibility index (Phi) is 4.88. The third-order valence-corrected chi connectivity index (χ3v) is 4.83. The molecule has 4 nitrogen and oxygen atoms in total. The average Bonchev–Trinajstić information content (AvgIpc) is 3.13. The fourth-order valence-corrected chi connectivity index (χ4v) is 3.50. The van der Waals surface area contributed by atoms with Crippen molar-refractivity contribution in [3.63, 3.8) is 0 Å². The lowest BCUT2D eigenvalue weighted by Crippen LogP contribution is -2.00. The zero-order chi connectivity index (χ0) is 16.2. The molecule has 3 rings (SSSR count). The van der Waals surface area contributed by atoms with Crippen molar-refractivity contribution in [2.24, 2.45) is 0 Å². The highest BCUT2D eigenvalue weighted by atomic mass is 35.5. The number of halogens is 1. The summed E-state index contributed by atoms with van der Waals surface area (Å²) in [7, 11) is 0. The Morgan fingerprint density at radius 3 is 2.83 bits per heavy atom. The van der Waals surface area contributed by atoms with Gasteiger partial charge in [0.25, 0.3) is 0 Å². The molecule has 0 saturated heterocycles. The van der Waals surface area contributed by atoms with Crippen LogP contribution in [0.1, 0.15) is 11.3 Å². The second-order valence-corrected chi connectivity index (χ2v) is 6.33. The second-order valence-electron chi connectivity index (χ2n) is 4.98. The van der Waals surface area contributed by atoms with Gasteiger partial charge >= 0.3 is 0 Å². The Balaban J connectivity index is 1.88. The smallest absolute Gasteiger partial charge is 0.192 e. The summed E-state index contributed by atoms with van der Waals surface area (Å²) in [6.07, 6.45) is 3.50. The van der Waals surface area contributed by atoms with Gasteiger partial charge in [0.2, 0.25) is 0 Å². The quantitative estimate of drug-likeness (QED) is 0.467. The topological polar surface area (TPSA) is 43.9 Å². The first-order valence-electron chi connectivity index (χ1n) is 7.15. The third-order valence-electron chi connectivity index (χ3n) is 3.44. The fraction of sp³-hybridized carbons (Fsp3) is 0.176. The fourth-order valence-electron chi connectivity index (χ4n) is 2.26. The van der Waals surface area contributed by atoms with E-state index >= 15 is 0 Å². The van der Waals surface area contributed by atoms with Crippen LogP contribution in [0.3, 0.4) is 0 Å². The van der Waals surface area contributed by atoms with Gasteiger partial charge in [0.05, 0.1) is 11.8 Å². The van der Waals surface area contributed by atoms with E-state index in [-0.39, 0.29) is 0 Å². The van der Waals surface area contributed by atoms with Gasteiger partial charge in [-0.2, -0.15) is 0 Å². The molecule has 118 valence electrons. The van der Waals surface area contributed by atoms with Crippen LogP contribution < -0.4 is 0 Å². The van der Waals surface area contributed by atoms with Gasteiger partial charge in [0.1, 0.15) is 5.76 Å². The molecule has 0 radical (unpaired) electrons. The Morgan fingerprint density at radius 2 is 2.13 bits per heavy atom. The number of benzene rings is 1. The summed E-state index contributed by atoms with van der Waals surface area (Å²) in [4.78, 5) is 0. The molecule has 0 saturated carbocycles. The SMILES string of the molecule is C=CCn1c(SCc2ccccc2Cl)nnc1-c1ccoc1C. The summed E-state index contributed by atoms with van der Waals surface area (Å²) in [5.74, 6) is 2.35. The maximum absolute atomic E-state index is 6.21. The van der Waals surface area contributed by atoms with Gasteiger partial charge in [0.15, 0.2) is 11.0 Å². The monoisotopic (exact) mass is 345 g/mol. The summed E-state index contributed by atoms with van der Waals surface area (Å²) in [5, 5.41) is 10.2. The molecule has 0 atom stereocenters. The normalized spacial score (nSPS) is 10.9. The molecule has 3 aromatic rings. The molecule has 1 aromatic carbocycles. The number of thioether (sulfide) groups is 1. The number of hydrogen-bond acceptors (Lipinski definition) is 4. The second kappa shape index (κ2) is 7.06. The molecule has 6 heteroatoms. The van der Waals surface area contributed by atoms with Crippen LogP contribution in [-0.4, -0.2) is 14.8 Å². The molecule has 0 bridgehead atoms. The van der Waals surface area contributed by atoms with Crippen LogP contribution in [0.25, 0.3) is 11.4 Å². The highest BCUT2D eigenvalue weighted by Crippen LogP contribution is 2.30. The minimum Gasteiger partial charge on any atom is -0.469 e. The summed E-state index contributed by atoms with van der Waals surface area (Å²) in [5.41, 5.74) is 2.03. The van der Waals surface area contributed by atoms with Crippen molar-refractivity contribution in [3.05, 3.63) is 65.6 Å². The number of nitrogens with zero attached hydrogens (tertiary/aromatic N) is 3. The lowest BCUT2D eigenvalue weighted by atomic mass is 10.2. The van der Waals surface area contributed by atoms with E-state index in [9.17, 15) is 0 Å². The predicted molar refractivity (Wildman–Crippen MR) is 93.7 cm³/mol. The molecule has 2 heterocycles. The first-order chi connectivity index (χ1) is 11.2. The van der Waals surface area contributed by atoms with Crippen molar-refractivity contribution in [2.45, 2.75) is 24.4 Å². The zero-order valence-electron chi connectivity index (χ0n) is 12.7. The van der Waals surface area contributed by atoms with Gasteiger partial charge in [-0.05, 0) is 24.6 Å². The molecule has 0 spiro atoms. The molecule has 0 unspecified atom stereocenters. The molecular weight excluding hydrogens is 330 g/mol. The summed E-state index contributed by atoms with van der Waals surface area (Å²) in [6.45, 7) is 6.38. The van der Waals surface area contributed by atoms with E-state index in [0.717, 1.165) is 38.6 Å². The maximum Gasteiger partial charge on any atom is 0.192 e. The van der Waals surface area contributed by atoms with Gasteiger partial charge in [0, 0.05) is 17.3 Å². The molecule has 0 aliphatic rings. The van der Waals surface area contributed by atoms with Crippen LogP contribution in [0.2, 0.25) is 5.02 Å². The van der Waals surface area contributed by atoms with Crippen LogP contribution >= 0.6 is 23.4 Å². The molecule has 0 N–H and O–H groups in total. The first kappa shape index (κ1) is 15.9. The Bertz CT molecular complexity index is 825. The van der Waals surface area contributed by atoms with Crippen molar-refractivity contribution in [3.8, 4) is 11.4 Å². The van der Waals surface area contributed by atoms with Crippen LogP contribution in [0.4, 0.5) is 0 Å². The number of aryl methyl sites for hydroxylation is 1. The van der Waals surface area contributed by atoms with Crippen LogP contribution in [-0.2, 0) is 12.3 Å². The van der Waals surface area contributed by atoms with Crippen molar-refractivity contribution in [1.82, 2.24) is 14.8 Å². The molecule has 0 fully saturated rings. The van der Waals surface area contributed by atoms with E-state index in [1.54, 1.807) is 18.0 Å². The first-order valence-corrected chi connectivity index (χ1v) is 8.52. The summed E-state index contributed by atoms with van der Waals surface area (Å²) >= 11 is 7.82. The zero-order valence-corrected chi connectivity index (χ0v) is 14.3. The molecular formula is C17H16ClN3OS. The maximum atomic E-state index is 6.21. The third kappa shape index (κ3) is 3.35. The van der Waals surface area contributed by atoms with Crippen molar-refractivity contribution < 1.29 is 4.42 Å². The van der Waals surface area contributed by atoms with Gasteiger partial charge < -0.3 is 4.42 Å². The number of furan rings is 1. The average molecular weight is 346 g/mol. The summed E-state index contributed by atoms with van der Waals surface area (Å²) < 4.78 is 7.41. The van der Waals surface area contributed by atoms with Gasteiger partial charge in [-0.15, -0.1) is 16.8 Å². The van der Waals surface area contributed by atoms with Crippen molar-refractivity contribution in [1.29, 1.82) is 0 Å². The van der Waals surface area contributed by atoms with Crippen molar-refractivity contribution >= 4 is 23.4 Å². The Labute approximate surface area is 144 Å². The van der Waals surface area contributed by atoms with Crippen LogP contribution in [0, 0.1) is 6.92 Å². The molecule has 2 aromatic heterocycles. The van der Waals surface area contributed by atoms with Crippen LogP contribution in [0.5, 0.6) is 0 Å². The van der Waals surface area contributed by atoms with E-state index in [1.165, 1.54) is 0 Å². The highest BCUT2D eigenvalue weighted by molar-refractivity contribution is 7.98. The van der Waals surface area contributed by atoms with E-state index in [1.807, 2.05) is 47.9 Å². The van der Waals surface area contributed by atoms with Crippen molar-refractivity contribution in [2.75, 3.05) is 0 Å². The number of allylic oxidation sites excluding steroid dienone is 1. The van der Waals surface area contributed by atoms with Gasteiger partial charge in [-0.1, -0.05) is 47.6 Å². The van der Waals surface area contributed by atoms with E-state index in [0.29, 0.717) is 6.54 Å². The molecule has 0 aliphatic heterocycles. The molecule has 0 aliphatic carbocycles. The minimum absolute atomic E-state index is 0.637. The largest absolute Gasteiger partial charge is 0.469 e. The highest BCUT2D eigenvalue weighted by Gasteiger charge is 2.17. The molecule has 0 amide bonds. The summed E-state index contributed by atoms with van der Waals surface area (Å²) in [6, 6.07) is 9.73. The van der Waals surface area contributed by atoms with E-state index < -0.39 is 0 Å². The standard InChI is InChI=1S/C17H16ClN3OS/c1-3-9-21-16(14-8-10-22-12(14)2)19-20-17(21)23-11-13-6-4-5-7-15(13)18/h3-8,10H,1,9,11H2,2H3. The van der Waals surface area contributed by atoms with Gasteiger partial charge in [-0.25, -0.2) is 0 Å². The predicted octanol–water partition coefficient (Wildman–Crippen LogP) is 4.98. The minimum atomic E-state index is 0.637. The molecule has 23 heavy (non-hydrogen) atoms. The number of hydrogen-bond donors (Lipinski definition) is 0. The Morgan fingerprint density at radius 1 is 1.30 bits per heavy atom.